The number of para-hydroxylation sites is 1. The van der Waals surface area contributed by atoms with E-state index in [1.165, 1.54) is 58.0 Å². The predicted octanol–water partition coefficient (Wildman–Crippen LogP) is 8.84. The van der Waals surface area contributed by atoms with Gasteiger partial charge in [-0.15, -0.1) is 22.7 Å². The second kappa shape index (κ2) is 7.06. The molecule has 2 aliphatic rings. The summed E-state index contributed by atoms with van der Waals surface area (Å²) in [6, 6.07) is 33.0. The van der Waals surface area contributed by atoms with Gasteiger partial charge in [-0.25, -0.2) is 0 Å². The molecule has 0 bridgehead atoms. The van der Waals surface area contributed by atoms with Crippen molar-refractivity contribution in [2.75, 3.05) is 9.62 Å². The van der Waals surface area contributed by atoms with Gasteiger partial charge >= 0.3 is 6.98 Å². The van der Waals surface area contributed by atoms with E-state index in [1.807, 2.05) is 35.0 Å². The maximum absolute atomic E-state index is 6.12. The molecular formula is C31H19BN2OS2. The average Bonchev–Trinajstić information content (AvgIpc) is 3.68. The molecule has 0 aliphatic carbocycles. The molecule has 37 heavy (non-hydrogen) atoms. The zero-order chi connectivity index (χ0) is 24.2. The fourth-order valence-corrected chi connectivity index (χ4v) is 8.76. The molecule has 0 radical (unpaired) electrons. The minimum absolute atomic E-state index is 0.0227. The molecule has 2 aliphatic heterocycles. The van der Waals surface area contributed by atoms with E-state index in [1.54, 1.807) is 0 Å². The topological polar surface area (TPSA) is 19.6 Å². The first-order valence-corrected chi connectivity index (χ1v) is 14.1. The van der Waals surface area contributed by atoms with E-state index in [9.17, 15) is 0 Å². The number of hydrogen-bond acceptors (Lipinski definition) is 5. The Morgan fingerprint density at radius 3 is 2.30 bits per heavy atom. The second-order valence-electron chi connectivity index (χ2n) is 9.84. The molecule has 0 atom stereocenters. The SMILES string of the molecule is Cc1ccc2c(c1)-c1c(sc3ccccc13)B1N2c2sc3ccccc3c2N1c1coc2ccccc12. The molecule has 0 spiro atoms. The summed E-state index contributed by atoms with van der Waals surface area (Å²) in [5.41, 5.74) is 8.56. The van der Waals surface area contributed by atoms with Crippen LogP contribution in [0, 0.1) is 6.92 Å². The lowest BCUT2D eigenvalue weighted by Crippen LogP contribution is -2.54. The van der Waals surface area contributed by atoms with Gasteiger partial charge in [0, 0.05) is 41.8 Å². The summed E-state index contributed by atoms with van der Waals surface area (Å²) in [4.78, 5) is 5.12. The molecule has 0 N–H and O–H groups in total. The molecule has 6 heteroatoms. The van der Waals surface area contributed by atoms with Crippen LogP contribution in [-0.2, 0) is 0 Å². The van der Waals surface area contributed by atoms with Gasteiger partial charge in [-0.05, 0) is 48.7 Å². The third-order valence-corrected chi connectivity index (χ3v) is 10.1. The second-order valence-corrected chi connectivity index (χ2v) is 12.0. The zero-order valence-corrected chi connectivity index (χ0v) is 21.6. The number of aryl methyl sites for hydroxylation is 1. The standard InChI is InChI=1S/C31H19BN2OS2/c1-18-14-15-23-22(16-18)28-20-9-3-6-12-26(20)36-30(28)32-33(24-17-35-25-11-5-2-8-19(24)25)29-21-10-4-7-13-27(21)37-31(29)34(23)32/h2-17H,1H3. The van der Waals surface area contributed by atoms with Crippen LogP contribution in [0.2, 0.25) is 0 Å². The number of nitrogens with zero attached hydrogens (tertiary/aromatic N) is 2. The molecule has 5 heterocycles. The smallest absolute Gasteiger partial charge is 0.432 e. The van der Waals surface area contributed by atoms with E-state index in [0.717, 1.165) is 16.7 Å². The number of rotatable bonds is 1. The third-order valence-electron chi connectivity index (χ3n) is 7.76. The molecule has 0 saturated heterocycles. The molecule has 7 aromatic rings. The van der Waals surface area contributed by atoms with E-state index >= 15 is 0 Å². The largest absolute Gasteiger partial charge is 0.462 e. The van der Waals surface area contributed by atoms with Crippen LogP contribution in [0.4, 0.5) is 22.1 Å². The van der Waals surface area contributed by atoms with E-state index < -0.39 is 0 Å². The van der Waals surface area contributed by atoms with Crippen LogP contribution in [0.15, 0.2) is 102 Å². The van der Waals surface area contributed by atoms with E-state index in [0.29, 0.717) is 0 Å². The van der Waals surface area contributed by atoms with Gasteiger partial charge in [-0.3, -0.25) is 0 Å². The Morgan fingerprint density at radius 2 is 1.43 bits per heavy atom. The van der Waals surface area contributed by atoms with Gasteiger partial charge in [-0.1, -0.05) is 60.2 Å². The predicted molar refractivity (Wildman–Crippen MR) is 160 cm³/mol. The normalized spacial score (nSPS) is 13.9. The van der Waals surface area contributed by atoms with Gasteiger partial charge in [0.25, 0.3) is 0 Å². The Bertz CT molecular complexity index is 2050. The highest BCUT2D eigenvalue weighted by Gasteiger charge is 2.51. The maximum Gasteiger partial charge on any atom is 0.432 e. The molecular weight excluding hydrogens is 491 g/mol. The first-order valence-electron chi connectivity index (χ1n) is 12.5. The van der Waals surface area contributed by atoms with Gasteiger partial charge < -0.3 is 14.0 Å². The Morgan fingerprint density at radius 1 is 0.703 bits per heavy atom. The lowest BCUT2D eigenvalue weighted by atomic mass is 9.64. The quantitative estimate of drug-likeness (QED) is 0.206. The Labute approximate surface area is 221 Å². The van der Waals surface area contributed by atoms with Crippen LogP contribution in [0.1, 0.15) is 5.56 Å². The monoisotopic (exact) mass is 510 g/mol. The molecule has 0 saturated carbocycles. The number of furan rings is 1. The molecule has 4 aromatic carbocycles. The summed E-state index contributed by atoms with van der Waals surface area (Å²) in [7, 11) is 0. The highest BCUT2D eigenvalue weighted by molar-refractivity contribution is 7.32. The summed E-state index contributed by atoms with van der Waals surface area (Å²) in [6.45, 7) is 2.22. The molecule has 3 aromatic heterocycles. The van der Waals surface area contributed by atoms with E-state index in [4.69, 9.17) is 4.42 Å². The number of benzene rings is 4. The molecule has 0 unspecified atom stereocenters. The van der Waals surface area contributed by atoms with Crippen molar-refractivity contribution in [1.29, 1.82) is 0 Å². The van der Waals surface area contributed by atoms with Crippen molar-refractivity contribution in [1.82, 2.24) is 0 Å². The fourth-order valence-electron chi connectivity index (χ4n) is 6.23. The van der Waals surface area contributed by atoms with Gasteiger partial charge in [0.15, 0.2) is 0 Å². The van der Waals surface area contributed by atoms with Crippen LogP contribution in [-0.4, -0.2) is 6.98 Å². The Kier molecular flexibility index (Phi) is 3.84. The van der Waals surface area contributed by atoms with Crippen molar-refractivity contribution >= 4 is 87.6 Å². The van der Waals surface area contributed by atoms with E-state index in [2.05, 4.69) is 101 Å². The highest BCUT2D eigenvalue weighted by atomic mass is 32.1. The van der Waals surface area contributed by atoms with Gasteiger partial charge in [0.1, 0.15) is 16.8 Å². The lowest BCUT2D eigenvalue weighted by Gasteiger charge is -2.34. The van der Waals surface area contributed by atoms with Crippen molar-refractivity contribution in [3.05, 3.63) is 103 Å². The first kappa shape index (κ1) is 20.1. The summed E-state index contributed by atoms with van der Waals surface area (Å²) < 4.78 is 10.1. The Hall–Kier alpha value is -4.00. The van der Waals surface area contributed by atoms with Crippen molar-refractivity contribution in [2.24, 2.45) is 0 Å². The van der Waals surface area contributed by atoms with Gasteiger partial charge in [0.05, 0.1) is 11.4 Å². The van der Waals surface area contributed by atoms with Crippen LogP contribution >= 0.6 is 22.7 Å². The van der Waals surface area contributed by atoms with Gasteiger partial charge in [-0.2, -0.15) is 0 Å². The number of anilines is 4. The fraction of sp³-hybridized carbons (Fsp3) is 0.0323. The average molecular weight is 510 g/mol. The van der Waals surface area contributed by atoms with Crippen LogP contribution in [0.3, 0.4) is 0 Å². The molecule has 0 amide bonds. The minimum atomic E-state index is 0.0227. The molecule has 9 rings (SSSR count). The zero-order valence-electron chi connectivity index (χ0n) is 19.9. The number of hydrogen-bond donors (Lipinski definition) is 0. The first-order chi connectivity index (χ1) is 18.3. The molecule has 3 nitrogen and oxygen atoms in total. The van der Waals surface area contributed by atoms with Gasteiger partial charge in [0.2, 0.25) is 0 Å². The number of fused-ring (bicyclic) bond motifs is 13. The van der Waals surface area contributed by atoms with E-state index in [-0.39, 0.29) is 6.98 Å². The van der Waals surface area contributed by atoms with Crippen molar-refractivity contribution < 1.29 is 4.42 Å². The third kappa shape index (κ3) is 2.52. The lowest BCUT2D eigenvalue weighted by molar-refractivity contribution is 0.616. The summed E-state index contributed by atoms with van der Waals surface area (Å²) >= 11 is 3.81. The summed E-state index contributed by atoms with van der Waals surface area (Å²) in [6.07, 6.45) is 1.95. The maximum atomic E-state index is 6.12. The van der Waals surface area contributed by atoms with Crippen molar-refractivity contribution in [3.8, 4) is 11.1 Å². The molecule has 174 valence electrons. The van der Waals surface area contributed by atoms with Crippen molar-refractivity contribution in [3.63, 3.8) is 0 Å². The van der Waals surface area contributed by atoms with Crippen molar-refractivity contribution in [2.45, 2.75) is 6.92 Å². The minimum Gasteiger partial charge on any atom is -0.462 e. The van der Waals surface area contributed by atoms with Crippen LogP contribution in [0.25, 0.3) is 42.3 Å². The van der Waals surface area contributed by atoms with Crippen LogP contribution in [0.5, 0.6) is 0 Å². The number of thiophene rings is 2. The highest BCUT2D eigenvalue weighted by Crippen LogP contribution is 2.59. The van der Waals surface area contributed by atoms with Crippen LogP contribution < -0.4 is 14.4 Å². The summed E-state index contributed by atoms with van der Waals surface area (Å²) in [5.74, 6) is 0. The summed E-state index contributed by atoms with van der Waals surface area (Å²) in [5, 5.41) is 5.07. The Balaban J connectivity index is 1.44. The molecule has 0 fully saturated rings.